The summed E-state index contributed by atoms with van der Waals surface area (Å²) in [5.41, 5.74) is 6.18. The van der Waals surface area contributed by atoms with Gasteiger partial charge in [0.25, 0.3) is 5.91 Å². The van der Waals surface area contributed by atoms with Gasteiger partial charge < -0.3 is 16.0 Å². The van der Waals surface area contributed by atoms with E-state index in [0.717, 1.165) is 13.1 Å². The molecular weight excluding hydrogens is 216 g/mol. The van der Waals surface area contributed by atoms with Gasteiger partial charge >= 0.3 is 0 Å². The van der Waals surface area contributed by atoms with E-state index in [1.165, 1.54) is 32.0 Å². The predicted molar refractivity (Wildman–Crippen MR) is 65.4 cm³/mol. The summed E-state index contributed by atoms with van der Waals surface area (Å²) in [4.78, 5) is 18.3. The van der Waals surface area contributed by atoms with Crippen LogP contribution >= 0.6 is 0 Å². The van der Waals surface area contributed by atoms with Gasteiger partial charge in [-0.1, -0.05) is 0 Å². The number of amides is 1. The van der Waals surface area contributed by atoms with Gasteiger partial charge in [0.05, 0.1) is 12.5 Å². The number of hydrogen-bond donors (Lipinski definition) is 3. The van der Waals surface area contributed by atoms with E-state index in [-0.39, 0.29) is 5.91 Å². The summed E-state index contributed by atoms with van der Waals surface area (Å²) in [6.45, 7) is 1.56. The van der Waals surface area contributed by atoms with Crippen molar-refractivity contribution >= 4 is 5.91 Å². The number of nitrogens with zero attached hydrogens (tertiary/aromatic N) is 1. The molecule has 1 amide bonds. The highest BCUT2D eigenvalue weighted by Gasteiger charge is 2.20. The van der Waals surface area contributed by atoms with Gasteiger partial charge in [-0.25, -0.2) is 4.98 Å². The molecule has 1 fully saturated rings. The lowest BCUT2D eigenvalue weighted by molar-refractivity contribution is 0.0937. The fraction of sp³-hybridized carbons (Fsp3) is 0.667. The second-order valence-electron chi connectivity index (χ2n) is 4.80. The lowest BCUT2D eigenvalue weighted by Crippen LogP contribution is -2.32. The van der Waals surface area contributed by atoms with Crippen LogP contribution in [0, 0.1) is 11.8 Å². The Bertz CT molecular complexity index is 341. The Hall–Kier alpha value is -1.36. The van der Waals surface area contributed by atoms with Crippen LogP contribution in [0.2, 0.25) is 0 Å². The number of aromatic nitrogens is 2. The van der Waals surface area contributed by atoms with E-state index in [1.54, 1.807) is 6.20 Å². The largest absolute Gasteiger partial charge is 0.350 e. The smallest absolute Gasteiger partial charge is 0.269 e. The van der Waals surface area contributed by atoms with E-state index in [9.17, 15) is 4.79 Å². The first-order valence-electron chi connectivity index (χ1n) is 6.26. The molecule has 17 heavy (non-hydrogen) atoms. The van der Waals surface area contributed by atoms with Crippen molar-refractivity contribution in [3.05, 3.63) is 18.2 Å². The molecular formula is C12H20N4O. The number of rotatable bonds is 4. The maximum atomic E-state index is 11.7. The average Bonchev–Trinajstić information content (AvgIpc) is 2.90. The Kier molecular flexibility index (Phi) is 4.14. The SMILES string of the molecule is NCC1CCC(CNC(=O)c2cnc[nH]2)CC1. The van der Waals surface area contributed by atoms with Gasteiger partial charge in [-0.3, -0.25) is 4.79 Å². The number of carbonyl (C=O) groups excluding carboxylic acids is 1. The van der Waals surface area contributed by atoms with Crippen LogP contribution in [-0.4, -0.2) is 29.0 Å². The van der Waals surface area contributed by atoms with Crippen molar-refractivity contribution in [1.82, 2.24) is 15.3 Å². The quantitative estimate of drug-likeness (QED) is 0.726. The first-order valence-corrected chi connectivity index (χ1v) is 6.26. The van der Waals surface area contributed by atoms with Crippen molar-refractivity contribution in [3.8, 4) is 0 Å². The molecule has 0 aromatic carbocycles. The van der Waals surface area contributed by atoms with Crippen LogP contribution in [0.5, 0.6) is 0 Å². The third-order valence-corrected chi connectivity index (χ3v) is 3.59. The summed E-state index contributed by atoms with van der Waals surface area (Å²) in [5, 5.41) is 2.95. The second-order valence-corrected chi connectivity index (χ2v) is 4.80. The zero-order chi connectivity index (χ0) is 12.1. The highest BCUT2D eigenvalue weighted by atomic mass is 16.1. The predicted octanol–water partition coefficient (Wildman–Crippen LogP) is 0.905. The van der Waals surface area contributed by atoms with Gasteiger partial charge in [0.15, 0.2) is 0 Å². The van der Waals surface area contributed by atoms with Crippen molar-refractivity contribution in [2.45, 2.75) is 25.7 Å². The third kappa shape index (κ3) is 3.30. The van der Waals surface area contributed by atoms with E-state index < -0.39 is 0 Å². The molecule has 0 spiro atoms. The minimum Gasteiger partial charge on any atom is -0.350 e. The zero-order valence-electron chi connectivity index (χ0n) is 9.98. The molecule has 2 rings (SSSR count). The van der Waals surface area contributed by atoms with E-state index in [2.05, 4.69) is 15.3 Å². The summed E-state index contributed by atoms with van der Waals surface area (Å²) in [6, 6.07) is 0. The van der Waals surface area contributed by atoms with Crippen LogP contribution in [0.4, 0.5) is 0 Å². The fourth-order valence-corrected chi connectivity index (χ4v) is 2.38. The van der Waals surface area contributed by atoms with Crippen molar-refractivity contribution < 1.29 is 4.79 Å². The number of nitrogens with two attached hydrogens (primary N) is 1. The number of imidazole rings is 1. The molecule has 1 aromatic rings. The summed E-state index contributed by atoms with van der Waals surface area (Å²) < 4.78 is 0. The Morgan fingerprint density at radius 2 is 2.12 bits per heavy atom. The van der Waals surface area contributed by atoms with Gasteiger partial charge in [0.2, 0.25) is 0 Å². The van der Waals surface area contributed by atoms with E-state index >= 15 is 0 Å². The first kappa shape index (κ1) is 12.1. The van der Waals surface area contributed by atoms with Gasteiger partial charge in [-0.15, -0.1) is 0 Å². The molecule has 94 valence electrons. The highest BCUT2D eigenvalue weighted by molar-refractivity contribution is 5.91. The van der Waals surface area contributed by atoms with E-state index in [1.807, 2.05) is 0 Å². The average molecular weight is 236 g/mol. The molecule has 1 aliphatic rings. The van der Waals surface area contributed by atoms with Crippen LogP contribution in [0.15, 0.2) is 12.5 Å². The Labute approximate surface area is 101 Å². The normalized spacial score (nSPS) is 24.5. The highest BCUT2D eigenvalue weighted by Crippen LogP contribution is 2.27. The maximum absolute atomic E-state index is 11.7. The number of hydrogen-bond acceptors (Lipinski definition) is 3. The molecule has 0 radical (unpaired) electrons. The van der Waals surface area contributed by atoms with Gasteiger partial charge in [-0.2, -0.15) is 0 Å². The Balaban J connectivity index is 1.71. The Morgan fingerprint density at radius 3 is 2.71 bits per heavy atom. The summed E-state index contributed by atoms with van der Waals surface area (Å²) in [5.74, 6) is 1.22. The molecule has 1 heterocycles. The second kappa shape index (κ2) is 5.82. The van der Waals surface area contributed by atoms with Crippen LogP contribution in [0.1, 0.15) is 36.2 Å². The maximum Gasteiger partial charge on any atom is 0.269 e. The molecule has 5 nitrogen and oxygen atoms in total. The zero-order valence-corrected chi connectivity index (χ0v) is 9.98. The molecule has 1 aliphatic carbocycles. The van der Waals surface area contributed by atoms with Crippen molar-refractivity contribution in [1.29, 1.82) is 0 Å². The van der Waals surface area contributed by atoms with Crippen LogP contribution < -0.4 is 11.1 Å². The fourth-order valence-electron chi connectivity index (χ4n) is 2.38. The first-order chi connectivity index (χ1) is 8.29. The lowest BCUT2D eigenvalue weighted by atomic mass is 9.82. The molecule has 0 unspecified atom stereocenters. The standard InChI is InChI=1S/C12H20N4O/c13-5-9-1-3-10(4-2-9)6-15-12(17)11-7-14-8-16-11/h7-10H,1-6,13H2,(H,14,16)(H,15,17). The number of nitrogens with one attached hydrogen (secondary N) is 2. The van der Waals surface area contributed by atoms with Crippen molar-refractivity contribution in [2.75, 3.05) is 13.1 Å². The third-order valence-electron chi connectivity index (χ3n) is 3.59. The number of carbonyl (C=O) groups is 1. The molecule has 0 saturated heterocycles. The topological polar surface area (TPSA) is 83.8 Å². The minimum atomic E-state index is -0.0663. The van der Waals surface area contributed by atoms with E-state index in [4.69, 9.17) is 5.73 Å². The molecule has 1 aromatic heterocycles. The van der Waals surface area contributed by atoms with E-state index in [0.29, 0.717) is 17.5 Å². The molecule has 1 saturated carbocycles. The Morgan fingerprint density at radius 1 is 1.41 bits per heavy atom. The molecule has 5 heteroatoms. The minimum absolute atomic E-state index is 0.0663. The monoisotopic (exact) mass is 236 g/mol. The van der Waals surface area contributed by atoms with Gasteiger partial charge in [0.1, 0.15) is 5.69 Å². The molecule has 0 aliphatic heterocycles. The summed E-state index contributed by atoms with van der Waals surface area (Å²) in [7, 11) is 0. The number of aromatic amines is 1. The van der Waals surface area contributed by atoms with Crippen LogP contribution in [0.25, 0.3) is 0 Å². The van der Waals surface area contributed by atoms with Crippen LogP contribution in [0.3, 0.4) is 0 Å². The van der Waals surface area contributed by atoms with Crippen molar-refractivity contribution in [2.24, 2.45) is 17.6 Å². The molecule has 4 N–H and O–H groups in total. The molecule has 0 atom stereocenters. The van der Waals surface area contributed by atoms with Gasteiger partial charge in [0, 0.05) is 6.54 Å². The lowest BCUT2D eigenvalue weighted by Gasteiger charge is -2.27. The number of H-pyrrole nitrogens is 1. The van der Waals surface area contributed by atoms with Gasteiger partial charge in [-0.05, 0) is 44.1 Å². The summed E-state index contributed by atoms with van der Waals surface area (Å²) >= 11 is 0. The van der Waals surface area contributed by atoms with Crippen molar-refractivity contribution in [3.63, 3.8) is 0 Å². The van der Waals surface area contributed by atoms with Crippen LogP contribution in [-0.2, 0) is 0 Å². The molecule has 0 bridgehead atoms. The summed E-state index contributed by atoms with van der Waals surface area (Å²) in [6.07, 6.45) is 7.79.